The molecule has 1 aromatic rings. The summed E-state index contributed by atoms with van der Waals surface area (Å²) in [6, 6.07) is 7.81. The van der Waals surface area contributed by atoms with E-state index < -0.39 is 88.1 Å². The van der Waals surface area contributed by atoms with Crippen molar-refractivity contribution in [3.8, 4) is 0 Å². The lowest BCUT2D eigenvalue weighted by Crippen LogP contribution is -2.83. The molecule has 1 aliphatic heterocycles. The highest BCUT2D eigenvalue weighted by atomic mass is 16.7. The zero-order chi connectivity index (χ0) is 33.3. The van der Waals surface area contributed by atoms with Gasteiger partial charge in [-0.1, -0.05) is 32.0 Å². The summed E-state index contributed by atoms with van der Waals surface area (Å²) < 4.78 is 34.1. The molecule has 2 saturated carbocycles. The molecule has 5 rings (SSSR count). The highest BCUT2D eigenvalue weighted by Gasteiger charge is 2.80. The van der Waals surface area contributed by atoms with E-state index in [2.05, 4.69) is 0 Å². The van der Waals surface area contributed by atoms with E-state index in [9.17, 15) is 29.4 Å². The second-order valence-electron chi connectivity index (χ2n) is 12.8. The number of rotatable bonds is 5. The molecule has 1 saturated heterocycles. The van der Waals surface area contributed by atoms with Crippen LogP contribution in [0.5, 0.6) is 0 Å². The normalized spacial score (nSPS) is 38.4. The van der Waals surface area contributed by atoms with Crippen molar-refractivity contribution in [2.45, 2.75) is 82.8 Å². The minimum atomic E-state index is -2.68. The van der Waals surface area contributed by atoms with Gasteiger partial charge >= 0.3 is 18.1 Å². The van der Waals surface area contributed by atoms with Crippen LogP contribution < -0.4 is 0 Å². The number of Topliss-reactive ketones (excluding diaryl/α,β-unsaturated/α-hetero) is 2. The standard InChI is InChI=1S/C32H38O13/c1-15-20-22(43-28(38)41-7)25(36)30(5)18(40-6)13-19-31(14-42-19,45-16(2)33)23(30)26(44-27(37)17-11-9-8-10-12-17)32(39,29(20,3)4)24(35)21(15)34/h8-12,18-19,22-24,26,35,39H,13-14H2,1-7H3/t18-,19+,22+,23-,24-,26-,30+,31-,32+/m0/s1. The van der Waals surface area contributed by atoms with Gasteiger partial charge in [0.2, 0.25) is 0 Å². The Morgan fingerprint density at radius 2 is 1.67 bits per heavy atom. The lowest BCUT2D eigenvalue weighted by atomic mass is 9.44. The number of hydrogen-bond acceptors (Lipinski definition) is 13. The summed E-state index contributed by atoms with van der Waals surface area (Å²) in [6.07, 6.45) is -9.06. The molecule has 2 N–H and O–H groups in total. The second-order valence-corrected chi connectivity index (χ2v) is 12.8. The van der Waals surface area contributed by atoms with Crippen molar-refractivity contribution in [1.29, 1.82) is 0 Å². The summed E-state index contributed by atoms with van der Waals surface area (Å²) in [6.45, 7) is 6.60. The Morgan fingerprint density at radius 3 is 2.20 bits per heavy atom. The minimum absolute atomic E-state index is 0.0220. The average Bonchev–Trinajstić information content (AvgIpc) is 2.99. The Kier molecular flexibility index (Phi) is 8.01. The number of aliphatic hydroxyl groups excluding tert-OH is 1. The van der Waals surface area contributed by atoms with E-state index in [-0.39, 0.29) is 29.7 Å². The molecule has 0 unspecified atom stereocenters. The summed E-state index contributed by atoms with van der Waals surface area (Å²) in [4.78, 5) is 68.0. The highest BCUT2D eigenvalue weighted by Crippen LogP contribution is 2.64. The molecule has 3 aliphatic carbocycles. The largest absolute Gasteiger partial charge is 0.509 e. The van der Waals surface area contributed by atoms with Gasteiger partial charge in [-0.05, 0) is 37.1 Å². The van der Waals surface area contributed by atoms with E-state index >= 15 is 4.79 Å². The fraction of sp³-hybridized carbons (Fsp3) is 0.594. The zero-order valence-electron chi connectivity index (χ0n) is 26.2. The maximum Gasteiger partial charge on any atom is 0.509 e. The minimum Gasteiger partial charge on any atom is -0.455 e. The predicted molar refractivity (Wildman–Crippen MR) is 152 cm³/mol. The molecule has 1 aromatic carbocycles. The Hall–Kier alpha value is -3.65. The van der Waals surface area contributed by atoms with Crippen LogP contribution in [0.3, 0.4) is 0 Å². The summed E-state index contributed by atoms with van der Waals surface area (Å²) in [7, 11) is 2.39. The number of benzene rings is 1. The topological polar surface area (TPSA) is 181 Å². The van der Waals surface area contributed by atoms with E-state index in [0.29, 0.717) is 0 Å². The van der Waals surface area contributed by atoms with Gasteiger partial charge in [-0.15, -0.1) is 0 Å². The number of hydrogen-bond donors (Lipinski definition) is 2. The van der Waals surface area contributed by atoms with Crippen LogP contribution in [0.4, 0.5) is 4.79 Å². The van der Waals surface area contributed by atoms with Crippen molar-refractivity contribution in [3.63, 3.8) is 0 Å². The van der Waals surface area contributed by atoms with Crippen molar-refractivity contribution in [2.75, 3.05) is 20.8 Å². The molecular weight excluding hydrogens is 592 g/mol. The summed E-state index contributed by atoms with van der Waals surface area (Å²) in [5.41, 5.74) is -8.20. The number of ketones is 2. The monoisotopic (exact) mass is 630 g/mol. The van der Waals surface area contributed by atoms with Crippen LogP contribution in [0.1, 0.15) is 51.4 Å². The molecule has 0 radical (unpaired) electrons. The van der Waals surface area contributed by atoms with Crippen molar-refractivity contribution < 1.29 is 62.6 Å². The number of aliphatic hydroxyl groups is 2. The fourth-order valence-electron chi connectivity index (χ4n) is 8.16. The van der Waals surface area contributed by atoms with Crippen molar-refractivity contribution >= 4 is 29.7 Å². The number of ether oxygens (including phenoxy) is 6. The Bertz CT molecular complexity index is 1470. The van der Waals surface area contributed by atoms with E-state index in [1.165, 1.54) is 46.9 Å². The van der Waals surface area contributed by atoms with E-state index in [1.807, 2.05) is 0 Å². The molecule has 13 heteroatoms. The maximum absolute atomic E-state index is 15.1. The first-order valence-electron chi connectivity index (χ1n) is 14.6. The lowest BCUT2D eigenvalue weighted by Gasteiger charge is -2.67. The number of fused-ring (bicyclic) bond motifs is 5. The van der Waals surface area contributed by atoms with Gasteiger partial charge in [0.05, 0.1) is 36.7 Å². The zero-order valence-corrected chi connectivity index (χ0v) is 26.2. The average molecular weight is 631 g/mol. The third-order valence-electron chi connectivity index (χ3n) is 10.4. The molecule has 45 heavy (non-hydrogen) atoms. The van der Waals surface area contributed by atoms with Crippen LogP contribution in [0.2, 0.25) is 0 Å². The molecule has 4 aliphatic rings. The van der Waals surface area contributed by atoms with Gasteiger partial charge < -0.3 is 38.6 Å². The number of methoxy groups -OCH3 is 2. The molecule has 0 aromatic heterocycles. The lowest BCUT2D eigenvalue weighted by molar-refractivity contribution is -0.349. The fourth-order valence-corrected chi connectivity index (χ4v) is 8.16. The van der Waals surface area contributed by atoms with Gasteiger partial charge in [0.25, 0.3) is 0 Å². The SMILES string of the molecule is COC(=O)O[C@H]1C(=O)[C@]2(C)[C@@H](OC)C[C@H]3OC[C@@]3(OC(C)=O)[C@H]2[C@H](OC(=O)c2ccccc2)[C@]2(O)[C@@H](O)C(=O)C(C)=C1C2(C)C. The van der Waals surface area contributed by atoms with E-state index in [0.717, 1.165) is 14.0 Å². The molecule has 9 atom stereocenters. The quantitative estimate of drug-likeness (QED) is 0.355. The molecule has 0 amide bonds. The molecule has 3 fully saturated rings. The van der Waals surface area contributed by atoms with Gasteiger partial charge in [-0.3, -0.25) is 14.4 Å². The number of carbonyl (C=O) groups is 5. The maximum atomic E-state index is 15.1. The van der Waals surface area contributed by atoms with Crippen LogP contribution >= 0.6 is 0 Å². The van der Waals surface area contributed by atoms with Crippen LogP contribution in [-0.2, 0) is 42.8 Å². The van der Waals surface area contributed by atoms with Gasteiger partial charge in [-0.25, -0.2) is 9.59 Å². The molecule has 2 bridgehead atoms. The number of esters is 2. The van der Waals surface area contributed by atoms with Crippen molar-refractivity contribution in [3.05, 3.63) is 47.0 Å². The Morgan fingerprint density at radius 1 is 1.02 bits per heavy atom. The predicted octanol–water partition coefficient (Wildman–Crippen LogP) is 1.71. The van der Waals surface area contributed by atoms with Gasteiger partial charge in [0.15, 0.2) is 23.3 Å². The molecule has 0 spiro atoms. The third-order valence-corrected chi connectivity index (χ3v) is 10.4. The summed E-state index contributed by atoms with van der Waals surface area (Å²) in [5.74, 6) is -4.96. The number of carbonyl (C=O) groups excluding carboxylic acids is 5. The molecule has 244 valence electrons. The third kappa shape index (κ3) is 4.38. The van der Waals surface area contributed by atoms with Crippen LogP contribution in [0, 0.1) is 16.7 Å². The van der Waals surface area contributed by atoms with Crippen LogP contribution in [-0.4, -0.2) is 102 Å². The van der Waals surface area contributed by atoms with Crippen LogP contribution in [0.15, 0.2) is 41.5 Å². The van der Waals surface area contributed by atoms with Crippen LogP contribution in [0.25, 0.3) is 0 Å². The van der Waals surface area contributed by atoms with Crippen molar-refractivity contribution in [1.82, 2.24) is 0 Å². The van der Waals surface area contributed by atoms with E-state index in [4.69, 9.17) is 28.4 Å². The van der Waals surface area contributed by atoms with Crippen molar-refractivity contribution in [2.24, 2.45) is 16.7 Å². The Balaban J connectivity index is 1.89. The highest BCUT2D eigenvalue weighted by molar-refractivity contribution is 6.05. The summed E-state index contributed by atoms with van der Waals surface area (Å²) in [5, 5.41) is 24.7. The summed E-state index contributed by atoms with van der Waals surface area (Å²) >= 11 is 0. The van der Waals surface area contributed by atoms with E-state index in [1.54, 1.807) is 18.2 Å². The molecule has 1 heterocycles. The van der Waals surface area contributed by atoms with Gasteiger partial charge in [0.1, 0.15) is 23.9 Å². The second kappa shape index (κ2) is 11.0. The molecular formula is C32H38O13. The first kappa shape index (κ1) is 32.7. The smallest absolute Gasteiger partial charge is 0.455 e. The first-order valence-corrected chi connectivity index (χ1v) is 14.6. The van der Waals surface area contributed by atoms with Gasteiger partial charge in [-0.2, -0.15) is 0 Å². The van der Waals surface area contributed by atoms with Gasteiger partial charge in [0, 0.05) is 25.9 Å². The Labute approximate surface area is 259 Å². The molecule has 13 nitrogen and oxygen atoms in total. The first-order chi connectivity index (χ1) is 21.0.